The van der Waals surface area contributed by atoms with E-state index in [1.54, 1.807) is 27.3 Å². The summed E-state index contributed by atoms with van der Waals surface area (Å²) in [6.07, 6.45) is 0.758. The van der Waals surface area contributed by atoms with Crippen LogP contribution in [0.2, 0.25) is 0 Å². The molecule has 8 nitrogen and oxygen atoms in total. The van der Waals surface area contributed by atoms with Gasteiger partial charge in [0.1, 0.15) is 24.1 Å². The molecule has 0 bridgehead atoms. The molecule has 23 heavy (non-hydrogen) atoms. The molecule has 8 heteroatoms. The maximum absolute atomic E-state index is 12.2. The highest BCUT2D eigenvalue weighted by atomic mass is 16.6. The van der Waals surface area contributed by atoms with Crippen molar-refractivity contribution < 1.29 is 18.9 Å². The molecule has 0 spiro atoms. The van der Waals surface area contributed by atoms with Crippen LogP contribution in [0.4, 0.5) is 5.82 Å². The Bertz CT molecular complexity index is 577. The predicted molar refractivity (Wildman–Crippen MR) is 84.3 cm³/mol. The van der Waals surface area contributed by atoms with E-state index in [2.05, 4.69) is 4.98 Å². The molecular weight excluding hydrogens is 302 g/mol. The van der Waals surface area contributed by atoms with Crippen LogP contribution in [-0.4, -0.2) is 55.3 Å². The van der Waals surface area contributed by atoms with Crippen molar-refractivity contribution in [2.75, 3.05) is 33.2 Å². The Labute approximate surface area is 135 Å². The molecule has 0 amide bonds. The first kappa shape index (κ1) is 17.9. The minimum absolute atomic E-state index is 0.215. The molecule has 2 rings (SSSR count). The topological polar surface area (TPSA) is 97.8 Å². The molecule has 1 aliphatic rings. The summed E-state index contributed by atoms with van der Waals surface area (Å²) >= 11 is 0. The molecule has 1 aromatic heterocycles. The molecular formula is C15H25N3O5. The Morgan fingerprint density at radius 1 is 1.39 bits per heavy atom. The van der Waals surface area contributed by atoms with Gasteiger partial charge in [-0.25, -0.2) is 4.79 Å². The Hall–Kier alpha value is -1.48. The molecule has 2 unspecified atom stereocenters. The maximum Gasteiger partial charge on any atom is 0.351 e. The number of aryl methyl sites for hydroxylation is 1. The fraction of sp³-hybridized carbons (Fsp3) is 0.733. The van der Waals surface area contributed by atoms with Crippen LogP contribution in [0.1, 0.15) is 25.1 Å². The fourth-order valence-electron chi connectivity index (χ4n) is 2.71. The molecule has 2 N–H and O–H groups in total. The lowest BCUT2D eigenvalue weighted by atomic mass is 10.1. The van der Waals surface area contributed by atoms with Crippen LogP contribution >= 0.6 is 0 Å². The number of nitrogens with two attached hydrogens (primary N) is 1. The summed E-state index contributed by atoms with van der Waals surface area (Å²) in [5.74, 6) is 0.215. The Morgan fingerprint density at radius 2 is 2.13 bits per heavy atom. The predicted octanol–water partition coefficient (Wildman–Crippen LogP) is 0.488. The van der Waals surface area contributed by atoms with Crippen LogP contribution < -0.4 is 11.4 Å². The average molecular weight is 327 g/mol. The Kier molecular flexibility index (Phi) is 6.11. The van der Waals surface area contributed by atoms with Crippen molar-refractivity contribution in [2.45, 2.75) is 44.8 Å². The van der Waals surface area contributed by atoms with E-state index in [0.29, 0.717) is 18.8 Å². The van der Waals surface area contributed by atoms with Gasteiger partial charge >= 0.3 is 5.69 Å². The molecule has 4 atom stereocenters. The monoisotopic (exact) mass is 327 g/mol. The zero-order valence-electron chi connectivity index (χ0n) is 14.0. The van der Waals surface area contributed by atoms with Gasteiger partial charge in [0.25, 0.3) is 0 Å². The summed E-state index contributed by atoms with van der Waals surface area (Å²) in [5.41, 5.74) is 5.92. The molecule has 0 saturated carbocycles. The van der Waals surface area contributed by atoms with Crippen LogP contribution in [0.3, 0.4) is 0 Å². The van der Waals surface area contributed by atoms with Gasteiger partial charge in [-0.15, -0.1) is 0 Å². The van der Waals surface area contributed by atoms with Crippen LogP contribution in [0.5, 0.6) is 0 Å². The van der Waals surface area contributed by atoms with Crippen molar-refractivity contribution >= 4 is 5.82 Å². The highest BCUT2D eigenvalue weighted by Gasteiger charge is 2.47. The second-order valence-corrected chi connectivity index (χ2v) is 5.56. The highest BCUT2D eigenvalue weighted by Crippen LogP contribution is 2.33. The number of nitrogen functional groups attached to an aromatic ring is 1. The van der Waals surface area contributed by atoms with Gasteiger partial charge in [0.2, 0.25) is 0 Å². The van der Waals surface area contributed by atoms with Gasteiger partial charge in [-0.1, -0.05) is 6.92 Å². The maximum atomic E-state index is 12.2. The van der Waals surface area contributed by atoms with Crippen molar-refractivity contribution in [1.82, 2.24) is 9.55 Å². The van der Waals surface area contributed by atoms with Crippen LogP contribution in [0, 0.1) is 6.92 Å². The summed E-state index contributed by atoms with van der Waals surface area (Å²) in [6.45, 7) is 4.69. The number of anilines is 1. The first-order valence-electron chi connectivity index (χ1n) is 7.67. The Morgan fingerprint density at radius 3 is 2.74 bits per heavy atom. The normalized spacial score (nSPS) is 27.5. The molecule has 1 fully saturated rings. The first-order valence-corrected chi connectivity index (χ1v) is 7.67. The van der Waals surface area contributed by atoms with Crippen LogP contribution in [0.15, 0.2) is 11.0 Å². The summed E-state index contributed by atoms with van der Waals surface area (Å²) in [6, 6.07) is 0. The van der Waals surface area contributed by atoms with Gasteiger partial charge in [0.05, 0.1) is 6.61 Å². The van der Waals surface area contributed by atoms with Gasteiger partial charge < -0.3 is 24.7 Å². The van der Waals surface area contributed by atoms with Crippen molar-refractivity contribution in [3.05, 3.63) is 22.2 Å². The van der Waals surface area contributed by atoms with Crippen molar-refractivity contribution in [3.63, 3.8) is 0 Å². The largest absolute Gasteiger partial charge is 0.383 e. The fourth-order valence-corrected chi connectivity index (χ4v) is 2.71. The van der Waals surface area contributed by atoms with Crippen molar-refractivity contribution in [3.8, 4) is 0 Å². The number of rotatable bonds is 7. The van der Waals surface area contributed by atoms with E-state index in [9.17, 15) is 4.79 Å². The number of hydrogen-bond acceptors (Lipinski definition) is 7. The second-order valence-electron chi connectivity index (χ2n) is 5.56. The van der Waals surface area contributed by atoms with Gasteiger partial charge in [0.15, 0.2) is 6.23 Å². The van der Waals surface area contributed by atoms with Crippen LogP contribution in [-0.2, 0) is 18.9 Å². The van der Waals surface area contributed by atoms with E-state index in [1.165, 1.54) is 4.57 Å². The zero-order valence-corrected chi connectivity index (χ0v) is 14.0. The van der Waals surface area contributed by atoms with Gasteiger partial charge in [-0.05, 0) is 13.3 Å². The number of aromatic nitrogens is 2. The highest BCUT2D eigenvalue weighted by molar-refractivity contribution is 5.35. The smallest absolute Gasteiger partial charge is 0.351 e. The summed E-state index contributed by atoms with van der Waals surface area (Å²) in [5, 5.41) is 0. The molecule has 2 heterocycles. The van der Waals surface area contributed by atoms with E-state index in [0.717, 1.165) is 6.42 Å². The zero-order chi connectivity index (χ0) is 17.0. The molecule has 0 radical (unpaired) electrons. The SMILES string of the molecule is CCCOC1C(OC)[C@@H](COC)O[C@H]1n1cc(C)c(N)nc1=O. The van der Waals surface area contributed by atoms with E-state index >= 15 is 0 Å². The third-order valence-electron chi connectivity index (χ3n) is 3.85. The minimum atomic E-state index is -0.633. The number of ether oxygens (including phenoxy) is 4. The molecule has 1 saturated heterocycles. The molecule has 0 aromatic carbocycles. The molecule has 1 aliphatic heterocycles. The lowest BCUT2D eigenvalue weighted by molar-refractivity contribution is -0.0770. The van der Waals surface area contributed by atoms with Gasteiger partial charge in [-0.3, -0.25) is 4.57 Å². The van der Waals surface area contributed by atoms with E-state index in [4.69, 9.17) is 24.7 Å². The summed E-state index contributed by atoms with van der Waals surface area (Å²) in [7, 11) is 3.18. The average Bonchev–Trinajstić information content (AvgIpc) is 2.86. The standard InChI is InChI=1S/C15H25N3O5/c1-5-6-22-12-11(21-4)10(8-20-3)23-14(12)18-7-9(2)13(16)17-15(18)19/h7,10-12,14H,5-6,8H2,1-4H3,(H2,16,17,19)/t10-,11?,12?,14-/m1/s1. The summed E-state index contributed by atoms with van der Waals surface area (Å²) in [4.78, 5) is 16.1. The van der Waals surface area contributed by atoms with E-state index in [1.807, 2.05) is 6.92 Å². The quantitative estimate of drug-likeness (QED) is 0.778. The summed E-state index contributed by atoms with van der Waals surface area (Å²) < 4.78 is 24.0. The third-order valence-corrected chi connectivity index (χ3v) is 3.85. The van der Waals surface area contributed by atoms with E-state index < -0.39 is 18.0 Å². The van der Waals surface area contributed by atoms with Gasteiger partial charge in [0, 0.05) is 32.6 Å². The molecule has 130 valence electrons. The van der Waals surface area contributed by atoms with Gasteiger partial charge in [-0.2, -0.15) is 4.98 Å². The minimum Gasteiger partial charge on any atom is -0.383 e. The lowest BCUT2D eigenvalue weighted by Crippen LogP contribution is -2.39. The van der Waals surface area contributed by atoms with Crippen molar-refractivity contribution in [1.29, 1.82) is 0 Å². The number of nitrogens with zero attached hydrogens (tertiary/aromatic N) is 2. The van der Waals surface area contributed by atoms with E-state index in [-0.39, 0.29) is 18.0 Å². The molecule has 1 aromatic rings. The lowest BCUT2D eigenvalue weighted by Gasteiger charge is -2.24. The number of hydrogen-bond donors (Lipinski definition) is 1. The second kappa shape index (κ2) is 7.87. The Balaban J connectivity index is 2.37. The third kappa shape index (κ3) is 3.72. The molecule has 0 aliphatic carbocycles. The van der Waals surface area contributed by atoms with Crippen LogP contribution in [0.25, 0.3) is 0 Å². The van der Waals surface area contributed by atoms with Crippen molar-refractivity contribution in [2.24, 2.45) is 0 Å². The number of methoxy groups -OCH3 is 2. The first-order chi connectivity index (χ1) is 11.0.